The van der Waals surface area contributed by atoms with Crippen LogP contribution in [0, 0.1) is 6.92 Å². The second-order valence-electron chi connectivity index (χ2n) is 4.38. The smallest absolute Gasteiger partial charge is 0.335 e. The predicted octanol–water partition coefficient (Wildman–Crippen LogP) is 0.294. The summed E-state index contributed by atoms with van der Waals surface area (Å²) in [5, 5.41) is 14.2. The number of nitrogens with zero attached hydrogens (tertiary/aromatic N) is 2. The molecule has 0 aliphatic heterocycles. The number of ether oxygens (including phenoxy) is 1. The van der Waals surface area contributed by atoms with Crippen molar-refractivity contribution in [2.75, 3.05) is 7.11 Å². The maximum Gasteiger partial charge on any atom is 0.335 e. The van der Waals surface area contributed by atoms with Crippen molar-refractivity contribution >= 4 is 5.97 Å². The number of methoxy groups -OCH3 is 1. The number of aryl methyl sites for hydroxylation is 2. The molecule has 1 atom stereocenters. The quantitative estimate of drug-likeness (QED) is 0.750. The number of hydrogen-bond donors (Lipinski definition) is 1. The minimum atomic E-state index is -1.08. The molecule has 0 saturated heterocycles. The molecule has 0 radical (unpaired) electrons. The fourth-order valence-corrected chi connectivity index (χ4v) is 2.25. The van der Waals surface area contributed by atoms with Crippen LogP contribution in [-0.4, -0.2) is 34.1 Å². The minimum Gasteiger partial charge on any atom is -0.467 e. The molecule has 0 spiro atoms. The van der Waals surface area contributed by atoms with Gasteiger partial charge in [-0.15, -0.1) is 0 Å². The number of esters is 1. The van der Waals surface area contributed by atoms with Crippen molar-refractivity contribution in [3.05, 3.63) is 17.5 Å². The molecule has 2 rings (SSSR count). The maximum absolute atomic E-state index is 11.4. The summed E-state index contributed by atoms with van der Waals surface area (Å²) in [5.74, 6) is -0.569. The summed E-state index contributed by atoms with van der Waals surface area (Å²) in [5.41, 5.74) is 1.35. The van der Waals surface area contributed by atoms with Crippen LogP contribution in [-0.2, 0) is 22.0 Å². The summed E-state index contributed by atoms with van der Waals surface area (Å²) >= 11 is 0. The summed E-state index contributed by atoms with van der Waals surface area (Å²) in [6.45, 7) is 1.89. The first-order chi connectivity index (χ1) is 7.51. The summed E-state index contributed by atoms with van der Waals surface area (Å²) in [6.07, 6.45) is 2.39. The average Bonchev–Trinajstić information content (AvgIpc) is 2.98. The van der Waals surface area contributed by atoms with Gasteiger partial charge in [0.15, 0.2) is 6.10 Å². The van der Waals surface area contributed by atoms with Crippen LogP contribution >= 0.6 is 0 Å². The SMILES string of the molecule is COC(=O)C(O)C1(c2cn(C)nc2C)CC1. The summed E-state index contributed by atoms with van der Waals surface area (Å²) < 4.78 is 6.29. The number of carbonyl (C=O) groups excluding carboxylic acids is 1. The Labute approximate surface area is 94.0 Å². The van der Waals surface area contributed by atoms with Crippen molar-refractivity contribution < 1.29 is 14.6 Å². The molecule has 1 aliphatic rings. The zero-order valence-corrected chi connectivity index (χ0v) is 9.73. The third kappa shape index (κ3) is 1.51. The van der Waals surface area contributed by atoms with Crippen molar-refractivity contribution in [2.24, 2.45) is 7.05 Å². The van der Waals surface area contributed by atoms with Crippen molar-refractivity contribution in [1.29, 1.82) is 0 Å². The van der Waals surface area contributed by atoms with E-state index in [4.69, 9.17) is 0 Å². The Morgan fingerprint density at radius 1 is 1.69 bits per heavy atom. The zero-order chi connectivity index (χ0) is 11.9. The van der Waals surface area contributed by atoms with E-state index in [9.17, 15) is 9.90 Å². The van der Waals surface area contributed by atoms with Crippen LogP contribution in [0.1, 0.15) is 24.1 Å². The van der Waals surface area contributed by atoms with E-state index >= 15 is 0 Å². The second kappa shape index (κ2) is 3.59. The summed E-state index contributed by atoms with van der Waals surface area (Å²) in [7, 11) is 3.12. The molecule has 5 nitrogen and oxygen atoms in total. The molecule has 1 aliphatic carbocycles. The van der Waals surface area contributed by atoms with Gasteiger partial charge >= 0.3 is 5.97 Å². The van der Waals surface area contributed by atoms with Gasteiger partial charge in [-0.3, -0.25) is 4.68 Å². The normalized spacial score (nSPS) is 19.2. The monoisotopic (exact) mass is 224 g/mol. The molecular weight excluding hydrogens is 208 g/mol. The van der Waals surface area contributed by atoms with Crippen LogP contribution in [0.15, 0.2) is 6.20 Å². The van der Waals surface area contributed by atoms with E-state index in [-0.39, 0.29) is 0 Å². The van der Waals surface area contributed by atoms with Gasteiger partial charge in [0, 0.05) is 24.2 Å². The molecule has 1 N–H and O–H groups in total. The first-order valence-corrected chi connectivity index (χ1v) is 5.28. The van der Waals surface area contributed by atoms with Crippen LogP contribution in [0.5, 0.6) is 0 Å². The first-order valence-electron chi connectivity index (χ1n) is 5.28. The molecule has 1 aromatic rings. The van der Waals surface area contributed by atoms with Crippen LogP contribution in [0.3, 0.4) is 0 Å². The van der Waals surface area contributed by atoms with E-state index in [1.165, 1.54) is 7.11 Å². The van der Waals surface area contributed by atoms with Crippen molar-refractivity contribution in [2.45, 2.75) is 31.3 Å². The third-order valence-corrected chi connectivity index (χ3v) is 3.29. The lowest BCUT2D eigenvalue weighted by Crippen LogP contribution is -2.35. The van der Waals surface area contributed by atoms with Gasteiger partial charge in [-0.25, -0.2) is 4.79 Å². The van der Waals surface area contributed by atoms with Gasteiger partial charge in [0.1, 0.15) is 0 Å². The molecule has 0 aromatic carbocycles. The van der Waals surface area contributed by atoms with Crippen molar-refractivity contribution in [1.82, 2.24) is 9.78 Å². The fraction of sp³-hybridized carbons (Fsp3) is 0.636. The highest BCUT2D eigenvalue weighted by atomic mass is 16.5. The van der Waals surface area contributed by atoms with Gasteiger partial charge in [0.25, 0.3) is 0 Å². The van der Waals surface area contributed by atoms with E-state index in [0.717, 1.165) is 24.1 Å². The summed E-state index contributed by atoms with van der Waals surface area (Å²) in [4.78, 5) is 11.4. The topological polar surface area (TPSA) is 64.3 Å². The van der Waals surface area contributed by atoms with Crippen LogP contribution in [0.4, 0.5) is 0 Å². The lowest BCUT2D eigenvalue weighted by Gasteiger charge is -2.19. The molecule has 16 heavy (non-hydrogen) atoms. The van der Waals surface area contributed by atoms with Gasteiger partial charge in [-0.1, -0.05) is 0 Å². The highest BCUT2D eigenvalue weighted by molar-refractivity contribution is 5.77. The van der Waals surface area contributed by atoms with Crippen LogP contribution < -0.4 is 0 Å². The Kier molecular flexibility index (Phi) is 2.50. The lowest BCUT2D eigenvalue weighted by molar-refractivity contribution is -0.152. The minimum absolute atomic E-state index is 0.467. The number of aromatic nitrogens is 2. The van der Waals surface area contributed by atoms with Gasteiger partial charge in [-0.05, 0) is 19.8 Å². The molecule has 1 saturated carbocycles. The van der Waals surface area contributed by atoms with E-state index in [1.54, 1.807) is 4.68 Å². The van der Waals surface area contributed by atoms with Gasteiger partial charge in [-0.2, -0.15) is 5.10 Å². The standard InChI is InChI=1S/C11H16N2O3/c1-7-8(6-13(2)12-7)11(4-5-11)9(14)10(15)16-3/h6,9,14H,4-5H2,1-3H3. The molecule has 0 bridgehead atoms. The number of aliphatic hydroxyl groups excluding tert-OH is 1. The molecule has 0 amide bonds. The highest BCUT2D eigenvalue weighted by Gasteiger charge is 2.55. The predicted molar refractivity (Wildman–Crippen MR) is 56.9 cm³/mol. The second-order valence-corrected chi connectivity index (χ2v) is 4.38. The van der Waals surface area contributed by atoms with E-state index in [0.29, 0.717) is 0 Å². The Morgan fingerprint density at radius 3 is 2.69 bits per heavy atom. The van der Waals surface area contributed by atoms with E-state index in [2.05, 4.69) is 9.84 Å². The fourth-order valence-electron chi connectivity index (χ4n) is 2.25. The van der Waals surface area contributed by atoms with Gasteiger partial charge < -0.3 is 9.84 Å². The largest absolute Gasteiger partial charge is 0.467 e. The van der Waals surface area contributed by atoms with Gasteiger partial charge in [0.05, 0.1) is 12.8 Å². The number of rotatable bonds is 3. The Morgan fingerprint density at radius 2 is 2.31 bits per heavy atom. The zero-order valence-electron chi connectivity index (χ0n) is 9.73. The highest BCUT2D eigenvalue weighted by Crippen LogP contribution is 2.52. The molecule has 5 heteroatoms. The number of aliphatic hydroxyl groups is 1. The third-order valence-electron chi connectivity index (χ3n) is 3.29. The average molecular weight is 224 g/mol. The Bertz CT molecular complexity index is 421. The molecule has 1 unspecified atom stereocenters. The molecule has 88 valence electrons. The molecule has 1 fully saturated rings. The molecule has 1 aromatic heterocycles. The lowest BCUT2D eigenvalue weighted by atomic mass is 9.90. The van der Waals surface area contributed by atoms with Crippen molar-refractivity contribution in [3.8, 4) is 0 Å². The Balaban J connectivity index is 2.33. The number of carbonyl (C=O) groups is 1. The molecular formula is C11H16N2O3. The van der Waals surface area contributed by atoms with Crippen LogP contribution in [0.2, 0.25) is 0 Å². The van der Waals surface area contributed by atoms with E-state index in [1.807, 2.05) is 20.2 Å². The Hall–Kier alpha value is -1.36. The number of hydrogen-bond acceptors (Lipinski definition) is 4. The maximum atomic E-state index is 11.4. The van der Waals surface area contributed by atoms with Gasteiger partial charge in [0.2, 0.25) is 0 Å². The molecule has 1 heterocycles. The first kappa shape index (κ1) is 11.1. The van der Waals surface area contributed by atoms with E-state index < -0.39 is 17.5 Å². The van der Waals surface area contributed by atoms with Crippen LogP contribution in [0.25, 0.3) is 0 Å². The summed E-state index contributed by atoms with van der Waals surface area (Å²) in [6, 6.07) is 0. The van der Waals surface area contributed by atoms with Crippen molar-refractivity contribution in [3.63, 3.8) is 0 Å².